The molecule has 0 unspecified atom stereocenters. The van der Waals surface area contributed by atoms with Gasteiger partial charge >= 0.3 is 5.97 Å². The summed E-state index contributed by atoms with van der Waals surface area (Å²) < 4.78 is 0. The molecule has 1 aromatic heterocycles. The van der Waals surface area contributed by atoms with Crippen LogP contribution >= 0.6 is 0 Å². The van der Waals surface area contributed by atoms with Crippen molar-refractivity contribution in [1.82, 2.24) is 10.3 Å². The molecule has 1 aromatic carbocycles. The maximum absolute atomic E-state index is 12.6. The average Bonchev–Trinajstić information content (AvgIpc) is 2.53. The molecule has 2 rings (SSSR count). The minimum Gasteiger partial charge on any atom is -0.481 e. The number of hydrogen-bond acceptors (Lipinski definition) is 3. The van der Waals surface area contributed by atoms with Crippen molar-refractivity contribution in [3.63, 3.8) is 0 Å². The Morgan fingerprint density at radius 2 is 1.86 bits per heavy atom. The second kappa shape index (κ2) is 6.56. The first-order valence-corrected chi connectivity index (χ1v) is 7.39. The number of aromatic nitrogens is 1. The Hall–Kier alpha value is -2.43. The van der Waals surface area contributed by atoms with E-state index in [2.05, 4.69) is 10.3 Å². The molecule has 0 spiro atoms. The summed E-state index contributed by atoms with van der Waals surface area (Å²) >= 11 is 0. The van der Waals surface area contributed by atoms with E-state index >= 15 is 0 Å². The number of amides is 1. The maximum atomic E-state index is 12.6. The zero-order chi connectivity index (χ0) is 16.2. The van der Waals surface area contributed by atoms with Gasteiger partial charge < -0.3 is 10.4 Å². The highest BCUT2D eigenvalue weighted by atomic mass is 16.4. The van der Waals surface area contributed by atoms with E-state index in [9.17, 15) is 9.59 Å². The van der Waals surface area contributed by atoms with Crippen LogP contribution in [0.2, 0.25) is 0 Å². The third-order valence-electron chi connectivity index (χ3n) is 4.11. The molecule has 0 fully saturated rings. The Morgan fingerprint density at radius 3 is 2.50 bits per heavy atom. The second-order valence-electron chi connectivity index (χ2n) is 5.39. The molecule has 2 N–H and O–H groups in total. The number of nitrogens with one attached hydrogen (secondary N) is 1. The van der Waals surface area contributed by atoms with Crippen LogP contribution in [0.5, 0.6) is 0 Å². The molecular formula is C17H20N2O3. The minimum atomic E-state index is -0.921. The number of carbonyl (C=O) groups is 2. The number of hydrogen-bond donors (Lipinski definition) is 2. The van der Waals surface area contributed by atoms with Gasteiger partial charge in [0.2, 0.25) is 0 Å². The van der Waals surface area contributed by atoms with E-state index in [1.165, 1.54) is 0 Å². The van der Waals surface area contributed by atoms with Gasteiger partial charge in [-0.1, -0.05) is 38.1 Å². The smallest absolute Gasteiger partial charge is 0.305 e. The lowest BCUT2D eigenvalue weighted by atomic mass is 9.88. The van der Waals surface area contributed by atoms with Crippen molar-refractivity contribution in [2.75, 3.05) is 0 Å². The molecule has 0 bridgehead atoms. The van der Waals surface area contributed by atoms with E-state index in [1.807, 2.05) is 44.2 Å². The summed E-state index contributed by atoms with van der Waals surface area (Å²) in [5, 5.41) is 13.7. The van der Waals surface area contributed by atoms with Gasteiger partial charge in [0.1, 0.15) is 5.69 Å². The number of benzene rings is 1. The van der Waals surface area contributed by atoms with Crippen LogP contribution < -0.4 is 5.32 Å². The van der Waals surface area contributed by atoms with Gasteiger partial charge in [-0.15, -0.1) is 0 Å². The van der Waals surface area contributed by atoms with Crippen LogP contribution in [0.1, 0.15) is 43.6 Å². The van der Waals surface area contributed by atoms with Gasteiger partial charge in [0.05, 0.1) is 12.0 Å². The molecule has 0 aliphatic heterocycles. The van der Waals surface area contributed by atoms with Crippen molar-refractivity contribution >= 4 is 22.6 Å². The zero-order valence-electron chi connectivity index (χ0n) is 12.8. The molecule has 116 valence electrons. The topological polar surface area (TPSA) is 79.3 Å². The average molecular weight is 300 g/mol. The molecule has 0 aliphatic rings. The van der Waals surface area contributed by atoms with Crippen LogP contribution in [0.3, 0.4) is 0 Å². The first-order valence-electron chi connectivity index (χ1n) is 7.39. The monoisotopic (exact) mass is 300 g/mol. The van der Waals surface area contributed by atoms with Gasteiger partial charge in [-0.3, -0.25) is 14.6 Å². The van der Waals surface area contributed by atoms with Crippen molar-refractivity contribution in [3.8, 4) is 0 Å². The molecule has 1 amide bonds. The number of carboxylic acid groups (broad SMARTS) is 1. The van der Waals surface area contributed by atoms with Crippen molar-refractivity contribution in [2.45, 2.75) is 38.6 Å². The van der Waals surface area contributed by atoms with E-state index < -0.39 is 11.5 Å². The minimum absolute atomic E-state index is 0.101. The maximum Gasteiger partial charge on any atom is 0.305 e. The Kier molecular flexibility index (Phi) is 4.75. The summed E-state index contributed by atoms with van der Waals surface area (Å²) in [5.74, 6) is -1.25. The summed E-state index contributed by atoms with van der Waals surface area (Å²) in [4.78, 5) is 27.9. The summed E-state index contributed by atoms with van der Waals surface area (Å²) in [5.41, 5.74) is -0.420. The van der Waals surface area contributed by atoms with Gasteiger partial charge in [-0.05, 0) is 24.3 Å². The molecule has 22 heavy (non-hydrogen) atoms. The summed E-state index contributed by atoms with van der Waals surface area (Å²) in [7, 11) is 0. The summed E-state index contributed by atoms with van der Waals surface area (Å²) in [6, 6.07) is 9.35. The Balaban J connectivity index is 2.35. The number of carbonyl (C=O) groups excluding carboxylic acids is 1. The van der Waals surface area contributed by atoms with Gasteiger partial charge in [0.25, 0.3) is 5.91 Å². The molecule has 0 aliphatic carbocycles. The van der Waals surface area contributed by atoms with Gasteiger partial charge in [-0.25, -0.2) is 0 Å². The van der Waals surface area contributed by atoms with Crippen LogP contribution in [0.15, 0.2) is 36.5 Å². The van der Waals surface area contributed by atoms with Crippen LogP contribution in [-0.2, 0) is 4.79 Å². The highest BCUT2D eigenvalue weighted by molar-refractivity contribution is 6.05. The number of fused-ring (bicyclic) bond motifs is 1. The SMILES string of the molecule is CCC(CC)(CC(=O)O)NC(=O)c1nccc2ccccc12. The van der Waals surface area contributed by atoms with E-state index in [-0.39, 0.29) is 12.3 Å². The largest absolute Gasteiger partial charge is 0.481 e. The lowest BCUT2D eigenvalue weighted by Crippen LogP contribution is -2.49. The molecule has 5 heteroatoms. The summed E-state index contributed by atoms with van der Waals surface area (Å²) in [6.07, 6.45) is 2.59. The Morgan fingerprint density at radius 1 is 1.18 bits per heavy atom. The fourth-order valence-corrected chi connectivity index (χ4v) is 2.61. The normalized spacial score (nSPS) is 11.4. The van der Waals surface area contributed by atoms with E-state index in [0.717, 1.165) is 10.8 Å². The molecular weight excluding hydrogens is 280 g/mol. The number of rotatable bonds is 6. The van der Waals surface area contributed by atoms with Crippen LogP contribution in [0, 0.1) is 0 Å². The van der Waals surface area contributed by atoms with Gasteiger partial charge in [0, 0.05) is 11.6 Å². The van der Waals surface area contributed by atoms with Gasteiger partial charge in [-0.2, -0.15) is 0 Å². The number of aliphatic carboxylic acids is 1. The quantitative estimate of drug-likeness (QED) is 0.859. The van der Waals surface area contributed by atoms with Crippen molar-refractivity contribution < 1.29 is 14.7 Å². The predicted molar refractivity (Wildman–Crippen MR) is 84.8 cm³/mol. The fourth-order valence-electron chi connectivity index (χ4n) is 2.61. The number of carboxylic acids is 1. The first-order chi connectivity index (χ1) is 10.5. The highest BCUT2D eigenvalue weighted by Gasteiger charge is 2.32. The third kappa shape index (κ3) is 3.24. The van der Waals surface area contributed by atoms with Crippen molar-refractivity contribution in [2.24, 2.45) is 0 Å². The lowest BCUT2D eigenvalue weighted by molar-refractivity contribution is -0.138. The van der Waals surface area contributed by atoms with Gasteiger partial charge in [0.15, 0.2) is 0 Å². The van der Waals surface area contributed by atoms with Crippen molar-refractivity contribution in [3.05, 3.63) is 42.2 Å². The zero-order valence-corrected chi connectivity index (χ0v) is 12.8. The highest BCUT2D eigenvalue weighted by Crippen LogP contribution is 2.22. The van der Waals surface area contributed by atoms with Crippen LogP contribution in [-0.4, -0.2) is 27.5 Å². The van der Waals surface area contributed by atoms with E-state index in [0.29, 0.717) is 18.5 Å². The molecule has 2 aromatic rings. The number of nitrogens with zero attached hydrogens (tertiary/aromatic N) is 1. The van der Waals surface area contributed by atoms with E-state index in [4.69, 9.17) is 5.11 Å². The lowest BCUT2D eigenvalue weighted by Gasteiger charge is -2.31. The molecule has 0 atom stereocenters. The molecule has 0 radical (unpaired) electrons. The molecule has 5 nitrogen and oxygen atoms in total. The second-order valence-corrected chi connectivity index (χ2v) is 5.39. The van der Waals surface area contributed by atoms with Crippen LogP contribution in [0.4, 0.5) is 0 Å². The predicted octanol–water partition coefficient (Wildman–Crippen LogP) is 3.00. The molecule has 0 saturated heterocycles. The third-order valence-corrected chi connectivity index (χ3v) is 4.11. The van der Waals surface area contributed by atoms with Crippen LogP contribution in [0.25, 0.3) is 10.8 Å². The standard InChI is InChI=1S/C17H20N2O3/c1-3-17(4-2,11-14(20)21)19-16(22)15-13-8-6-5-7-12(13)9-10-18-15/h5-10H,3-4,11H2,1-2H3,(H,19,22)(H,20,21). The first kappa shape index (κ1) is 15.9. The molecule has 0 saturated carbocycles. The molecule has 1 heterocycles. The fraction of sp³-hybridized carbons (Fsp3) is 0.353. The Labute approximate surface area is 129 Å². The number of pyridine rings is 1. The summed E-state index contributed by atoms with van der Waals surface area (Å²) in [6.45, 7) is 3.76. The van der Waals surface area contributed by atoms with Crippen molar-refractivity contribution in [1.29, 1.82) is 0 Å². The Bertz CT molecular complexity index is 688. The van der Waals surface area contributed by atoms with E-state index in [1.54, 1.807) is 6.20 Å².